The molecule has 0 aromatic heterocycles. The highest BCUT2D eigenvalue weighted by Crippen LogP contribution is 2.17. The topological polar surface area (TPSA) is 12.5 Å². The van der Waals surface area contributed by atoms with Gasteiger partial charge in [0.25, 0.3) is 0 Å². The van der Waals surface area contributed by atoms with Gasteiger partial charge >= 0.3 is 0 Å². The smallest absolute Gasteiger partial charge is 0.128 e. The van der Waals surface area contributed by atoms with E-state index >= 15 is 0 Å². The fraction of sp³-hybridized carbons (Fsp3) is 0.500. The molecule has 1 aromatic rings. The summed E-state index contributed by atoms with van der Waals surface area (Å²) in [7, 11) is 3.59. The number of rotatable bonds is 5. The van der Waals surface area contributed by atoms with E-state index < -0.39 is 0 Å². The standard InChI is InChI=1S/C12H18FNO/c1-4-10-5-6-11(9-12(10)13)14(2)7-8-15-3/h5-6,9H,4,7-8H2,1-3H3. The largest absolute Gasteiger partial charge is 0.383 e. The number of halogens is 1. The van der Waals surface area contributed by atoms with Crippen LogP contribution in [0.2, 0.25) is 0 Å². The van der Waals surface area contributed by atoms with Crippen molar-refractivity contribution in [2.45, 2.75) is 13.3 Å². The molecule has 2 nitrogen and oxygen atoms in total. The Labute approximate surface area is 90.7 Å². The van der Waals surface area contributed by atoms with E-state index in [9.17, 15) is 4.39 Å². The van der Waals surface area contributed by atoms with Gasteiger partial charge < -0.3 is 9.64 Å². The van der Waals surface area contributed by atoms with Gasteiger partial charge in [0.15, 0.2) is 0 Å². The molecule has 0 radical (unpaired) electrons. The van der Waals surface area contributed by atoms with Crippen LogP contribution in [0.15, 0.2) is 18.2 Å². The van der Waals surface area contributed by atoms with Crippen LogP contribution in [-0.2, 0) is 11.2 Å². The number of methoxy groups -OCH3 is 1. The van der Waals surface area contributed by atoms with E-state index in [0.29, 0.717) is 6.61 Å². The zero-order chi connectivity index (χ0) is 11.3. The maximum Gasteiger partial charge on any atom is 0.128 e. The molecule has 0 aliphatic carbocycles. The molecule has 0 heterocycles. The van der Waals surface area contributed by atoms with Crippen LogP contribution < -0.4 is 4.90 Å². The molecule has 1 rings (SSSR count). The molecular formula is C12H18FNO. The van der Waals surface area contributed by atoms with Gasteiger partial charge in [0.05, 0.1) is 6.61 Å². The van der Waals surface area contributed by atoms with Crippen molar-refractivity contribution in [3.05, 3.63) is 29.6 Å². The fourth-order valence-electron chi connectivity index (χ4n) is 1.42. The van der Waals surface area contributed by atoms with Gasteiger partial charge in [-0.25, -0.2) is 4.39 Å². The summed E-state index contributed by atoms with van der Waals surface area (Å²) in [5.74, 6) is -0.126. The summed E-state index contributed by atoms with van der Waals surface area (Å²) in [5.41, 5.74) is 1.65. The van der Waals surface area contributed by atoms with Crippen molar-refractivity contribution in [2.24, 2.45) is 0 Å². The Morgan fingerprint density at radius 1 is 1.40 bits per heavy atom. The fourth-order valence-corrected chi connectivity index (χ4v) is 1.42. The van der Waals surface area contributed by atoms with Crippen molar-refractivity contribution in [2.75, 3.05) is 32.2 Å². The highest BCUT2D eigenvalue weighted by molar-refractivity contribution is 5.47. The minimum Gasteiger partial charge on any atom is -0.383 e. The summed E-state index contributed by atoms with van der Waals surface area (Å²) in [6.45, 7) is 3.36. The van der Waals surface area contributed by atoms with Crippen molar-refractivity contribution in [1.82, 2.24) is 0 Å². The Kier molecular flexibility index (Phi) is 4.56. The van der Waals surface area contributed by atoms with E-state index in [1.165, 1.54) is 0 Å². The van der Waals surface area contributed by atoms with Gasteiger partial charge in [0.1, 0.15) is 5.82 Å². The molecule has 0 amide bonds. The van der Waals surface area contributed by atoms with Crippen LogP contribution in [0, 0.1) is 5.82 Å². The zero-order valence-corrected chi connectivity index (χ0v) is 9.59. The maximum absolute atomic E-state index is 13.5. The minimum atomic E-state index is -0.126. The molecule has 0 bridgehead atoms. The van der Waals surface area contributed by atoms with Gasteiger partial charge in [-0.3, -0.25) is 0 Å². The van der Waals surface area contributed by atoms with Crippen molar-refractivity contribution in [3.63, 3.8) is 0 Å². The number of anilines is 1. The molecule has 0 aliphatic rings. The van der Waals surface area contributed by atoms with Gasteiger partial charge in [-0.15, -0.1) is 0 Å². The summed E-state index contributed by atoms with van der Waals surface area (Å²) in [6.07, 6.45) is 0.730. The van der Waals surface area contributed by atoms with E-state index in [0.717, 1.165) is 24.2 Å². The summed E-state index contributed by atoms with van der Waals surface area (Å²) in [5, 5.41) is 0. The monoisotopic (exact) mass is 211 g/mol. The Hall–Kier alpha value is -1.09. The summed E-state index contributed by atoms with van der Waals surface area (Å²) in [4.78, 5) is 1.98. The van der Waals surface area contributed by atoms with Crippen LogP contribution in [0.4, 0.5) is 10.1 Å². The van der Waals surface area contributed by atoms with E-state index in [4.69, 9.17) is 4.74 Å². The quantitative estimate of drug-likeness (QED) is 0.742. The lowest BCUT2D eigenvalue weighted by Crippen LogP contribution is -2.22. The van der Waals surface area contributed by atoms with Gasteiger partial charge in [0.2, 0.25) is 0 Å². The molecule has 0 aliphatic heterocycles. The lowest BCUT2D eigenvalue weighted by atomic mass is 10.1. The zero-order valence-electron chi connectivity index (χ0n) is 9.59. The molecule has 0 unspecified atom stereocenters. The molecule has 0 saturated carbocycles. The predicted octanol–water partition coefficient (Wildman–Crippen LogP) is 2.47. The summed E-state index contributed by atoms with van der Waals surface area (Å²) < 4.78 is 18.4. The molecule has 0 spiro atoms. The van der Waals surface area contributed by atoms with E-state index in [-0.39, 0.29) is 5.82 Å². The first-order chi connectivity index (χ1) is 7.19. The lowest BCUT2D eigenvalue weighted by Gasteiger charge is -2.19. The average Bonchev–Trinajstić information content (AvgIpc) is 2.25. The van der Waals surface area contributed by atoms with Crippen LogP contribution in [0.3, 0.4) is 0 Å². The molecule has 1 aromatic carbocycles. The average molecular weight is 211 g/mol. The van der Waals surface area contributed by atoms with Crippen LogP contribution in [0.5, 0.6) is 0 Å². The minimum absolute atomic E-state index is 0.126. The van der Waals surface area contributed by atoms with Crippen LogP contribution in [0.1, 0.15) is 12.5 Å². The van der Waals surface area contributed by atoms with Crippen LogP contribution >= 0.6 is 0 Å². The number of nitrogens with zero attached hydrogens (tertiary/aromatic N) is 1. The highest BCUT2D eigenvalue weighted by atomic mass is 19.1. The number of aryl methyl sites for hydroxylation is 1. The van der Waals surface area contributed by atoms with Crippen molar-refractivity contribution in [1.29, 1.82) is 0 Å². The summed E-state index contributed by atoms with van der Waals surface area (Å²) in [6, 6.07) is 5.36. The predicted molar refractivity (Wildman–Crippen MR) is 60.9 cm³/mol. The molecule has 0 N–H and O–H groups in total. The Balaban J connectivity index is 2.73. The third-order valence-electron chi connectivity index (χ3n) is 2.49. The Bertz CT molecular complexity index is 314. The maximum atomic E-state index is 13.5. The SMILES string of the molecule is CCc1ccc(N(C)CCOC)cc1F. The molecule has 0 atom stereocenters. The molecule has 3 heteroatoms. The third kappa shape index (κ3) is 3.20. The van der Waals surface area contributed by atoms with Crippen LogP contribution in [0.25, 0.3) is 0 Å². The normalized spacial score (nSPS) is 10.4. The first-order valence-electron chi connectivity index (χ1n) is 5.17. The van der Waals surface area contributed by atoms with Crippen LogP contribution in [-0.4, -0.2) is 27.3 Å². The van der Waals surface area contributed by atoms with Crippen molar-refractivity contribution < 1.29 is 9.13 Å². The first kappa shape index (κ1) is 12.0. The third-order valence-corrected chi connectivity index (χ3v) is 2.49. The van der Waals surface area contributed by atoms with Gasteiger partial charge in [-0.2, -0.15) is 0 Å². The number of benzene rings is 1. The molecule has 0 fully saturated rings. The Morgan fingerprint density at radius 2 is 2.13 bits per heavy atom. The molecule has 84 valence electrons. The number of hydrogen-bond donors (Lipinski definition) is 0. The molecular weight excluding hydrogens is 193 g/mol. The van der Waals surface area contributed by atoms with Crippen molar-refractivity contribution in [3.8, 4) is 0 Å². The van der Waals surface area contributed by atoms with Gasteiger partial charge in [-0.05, 0) is 24.1 Å². The van der Waals surface area contributed by atoms with E-state index in [2.05, 4.69) is 0 Å². The summed E-state index contributed by atoms with van der Waals surface area (Å²) >= 11 is 0. The first-order valence-corrected chi connectivity index (χ1v) is 5.17. The van der Waals surface area contributed by atoms with Gasteiger partial charge in [-0.1, -0.05) is 13.0 Å². The number of hydrogen-bond acceptors (Lipinski definition) is 2. The molecule has 15 heavy (non-hydrogen) atoms. The highest BCUT2D eigenvalue weighted by Gasteiger charge is 2.04. The lowest BCUT2D eigenvalue weighted by molar-refractivity contribution is 0.206. The second-order valence-corrected chi connectivity index (χ2v) is 3.54. The second kappa shape index (κ2) is 5.71. The number of ether oxygens (including phenoxy) is 1. The van der Waals surface area contributed by atoms with E-state index in [1.807, 2.05) is 31.0 Å². The van der Waals surface area contributed by atoms with Gasteiger partial charge in [0, 0.05) is 26.4 Å². The van der Waals surface area contributed by atoms with Crippen molar-refractivity contribution >= 4 is 5.69 Å². The number of likely N-dealkylation sites (N-methyl/N-ethyl adjacent to an activating group) is 1. The molecule has 0 saturated heterocycles. The Morgan fingerprint density at radius 3 is 2.67 bits per heavy atom. The second-order valence-electron chi connectivity index (χ2n) is 3.54. The van der Waals surface area contributed by atoms with E-state index in [1.54, 1.807) is 13.2 Å².